The van der Waals surface area contributed by atoms with Crippen LogP contribution >= 0.6 is 11.6 Å². The minimum atomic E-state index is -0.576. The SMILES string of the molecule is Cc1cc(C(=O)COC(=O)C=Cc2ccc(Cl)cc2)c(C)n1Cc1ccco1. The average Bonchev–Trinajstić information content (AvgIpc) is 3.29. The molecule has 0 N–H and O–H groups in total. The molecule has 0 aliphatic rings. The van der Waals surface area contributed by atoms with Crippen molar-refractivity contribution in [3.05, 3.63) is 88.1 Å². The third-order valence-electron chi connectivity index (χ3n) is 4.40. The predicted molar refractivity (Wildman–Crippen MR) is 107 cm³/mol. The van der Waals surface area contributed by atoms with E-state index in [1.807, 2.05) is 30.5 Å². The number of hydrogen-bond donors (Lipinski definition) is 0. The summed E-state index contributed by atoms with van der Waals surface area (Å²) in [5, 5.41) is 0.620. The van der Waals surface area contributed by atoms with Crippen LogP contribution in [0.2, 0.25) is 5.02 Å². The lowest BCUT2D eigenvalue weighted by atomic mass is 10.1. The molecule has 3 rings (SSSR count). The van der Waals surface area contributed by atoms with Gasteiger partial charge in [0, 0.05) is 28.0 Å². The van der Waals surface area contributed by atoms with Crippen molar-refractivity contribution >= 4 is 29.4 Å². The zero-order chi connectivity index (χ0) is 20.1. The van der Waals surface area contributed by atoms with E-state index in [2.05, 4.69) is 0 Å². The number of aromatic nitrogens is 1. The number of halogens is 1. The molecule has 0 spiro atoms. The quantitative estimate of drug-likeness (QED) is 0.325. The van der Waals surface area contributed by atoms with Crippen LogP contribution in [0, 0.1) is 13.8 Å². The Bertz CT molecular complexity index is 998. The first-order valence-electron chi connectivity index (χ1n) is 8.77. The molecule has 0 unspecified atom stereocenters. The number of Topliss-reactive ketones (excluding diaryl/α,β-unsaturated/α-hetero) is 1. The third kappa shape index (κ3) is 4.81. The number of carbonyl (C=O) groups is 2. The van der Waals surface area contributed by atoms with Crippen molar-refractivity contribution in [3.8, 4) is 0 Å². The van der Waals surface area contributed by atoms with Crippen LogP contribution in [-0.2, 0) is 16.1 Å². The van der Waals surface area contributed by atoms with E-state index in [9.17, 15) is 9.59 Å². The van der Waals surface area contributed by atoms with Gasteiger partial charge in [-0.2, -0.15) is 0 Å². The number of hydrogen-bond acceptors (Lipinski definition) is 4. The first kappa shape index (κ1) is 19.7. The van der Waals surface area contributed by atoms with Gasteiger partial charge < -0.3 is 13.7 Å². The highest BCUT2D eigenvalue weighted by molar-refractivity contribution is 6.30. The Hall–Kier alpha value is -3.05. The van der Waals surface area contributed by atoms with Crippen LogP contribution in [0.15, 0.2) is 59.2 Å². The molecule has 0 fully saturated rings. The number of rotatable bonds is 7. The third-order valence-corrected chi connectivity index (χ3v) is 4.65. The number of aryl methyl sites for hydroxylation is 1. The maximum atomic E-state index is 12.5. The van der Waals surface area contributed by atoms with Crippen molar-refractivity contribution < 1.29 is 18.7 Å². The lowest BCUT2D eigenvalue weighted by molar-refractivity contribution is -0.136. The fourth-order valence-corrected chi connectivity index (χ4v) is 3.01. The molecule has 0 radical (unpaired) electrons. The van der Waals surface area contributed by atoms with Crippen LogP contribution < -0.4 is 0 Å². The molecule has 0 saturated carbocycles. The van der Waals surface area contributed by atoms with Crippen LogP contribution in [0.4, 0.5) is 0 Å². The highest BCUT2D eigenvalue weighted by atomic mass is 35.5. The number of benzene rings is 1. The lowest BCUT2D eigenvalue weighted by Crippen LogP contribution is -2.13. The number of nitrogens with zero attached hydrogens (tertiary/aromatic N) is 1. The van der Waals surface area contributed by atoms with Crippen LogP contribution in [0.1, 0.15) is 33.1 Å². The molecule has 3 aromatic rings. The number of esters is 1. The summed E-state index contributed by atoms with van der Waals surface area (Å²) in [5.74, 6) is -0.0145. The van der Waals surface area contributed by atoms with Gasteiger partial charge >= 0.3 is 5.97 Å². The summed E-state index contributed by atoms with van der Waals surface area (Å²) in [6.45, 7) is 4.02. The van der Waals surface area contributed by atoms with Crippen LogP contribution in [-0.4, -0.2) is 22.9 Å². The maximum absolute atomic E-state index is 12.5. The molecule has 144 valence electrons. The summed E-state index contributed by atoms with van der Waals surface area (Å²) in [6, 6.07) is 12.5. The largest absolute Gasteiger partial charge is 0.467 e. The first-order valence-corrected chi connectivity index (χ1v) is 9.14. The van der Waals surface area contributed by atoms with Crippen molar-refractivity contribution in [1.29, 1.82) is 0 Å². The first-order chi connectivity index (χ1) is 13.4. The standard InChI is InChI=1S/C22H20ClNO4/c1-15-12-20(16(2)24(15)13-19-4-3-11-27-19)21(25)14-28-22(26)10-7-17-5-8-18(23)9-6-17/h3-12H,13-14H2,1-2H3. The van der Waals surface area contributed by atoms with E-state index in [1.54, 1.807) is 42.7 Å². The Labute approximate surface area is 168 Å². The molecule has 5 nitrogen and oxygen atoms in total. The minimum Gasteiger partial charge on any atom is -0.467 e. The smallest absolute Gasteiger partial charge is 0.331 e. The Morgan fingerprint density at radius 3 is 2.61 bits per heavy atom. The molecule has 0 atom stereocenters. The Balaban J connectivity index is 1.60. The number of carbonyl (C=O) groups excluding carboxylic acids is 2. The predicted octanol–water partition coefficient (Wildman–Crippen LogP) is 4.84. The van der Waals surface area contributed by atoms with Crippen molar-refractivity contribution in [3.63, 3.8) is 0 Å². The molecule has 0 aliphatic carbocycles. The Morgan fingerprint density at radius 2 is 1.93 bits per heavy atom. The van der Waals surface area contributed by atoms with Gasteiger partial charge in [-0.15, -0.1) is 0 Å². The number of ketones is 1. The monoisotopic (exact) mass is 397 g/mol. The van der Waals surface area contributed by atoms with Gasteiger partial charge in [-0.05, 0) is 55.8 Å². The normalized spacial score (nSPS) is 11.1. The van der Waals surface area contributed by atoms with Gasteiger partial charge in [0.05, 0.1) is 12.8 Å². The lowest BCUT2D eigenvalue weighted by Gasteiger charge is -2.08. The van der Waals surface area contributed by atoms with Gasteiger partial charge in [-0.3, -0.25) is 4.79 Å². The molecular formula is C22H20ClNO4. The number of furan rings is 1. The van der Waals surface area contributed by atoms with E-state index in [1.165, 1.54) is 6.08 Å². The van der Waals surface area contributed by atoms with E-state index in [-0.39, 0.29) is 12.4 Å². The molecule has 0 amide bonds. The zero-order valence-electron chi connectivity index (χ0n) is 15.6. The summed E-state index contributed by atoms with van der Waals surface area (Å²) in [6.07, 6.45) is 4.52. The van der Waals surface area contributed by atoms with Crippen LogP contribution in [0.5, 0.6) is 0 Å². The van der Waals surface area contributed by atoms with Gasteiger partial charge in [0.25, 0.3) is 0 Å². The van der Waals surface area contributed by atoms with Crippen molar-refractivity contribution in [2.75, 3.05) is 6.61 Å². The number of ether oxygens (including phenoxy) is 1. The highest BCUT2D eigenvalue weighted by Crippen LogP contribution is 2.18. The van der Waals surface area contributed by atoms with Gasteiger partial charge in [0.15, 0.2) is 6.61 Å². The molecule has 0 bridgehead atoms. The van der Waals surface area contributed by atoms with E-state index >= 15 is 0 Å². The second kappa shape index (κ2) is 8.76. The van der Waals surface area contributed by atoms with Crippen molar-refractivity contribution in [2.24, 2.45) is 0 Å². The van der Waals surface area contributed by atoms with E-state index in [0.717, 1.165) is 22.7 Å². The van der Waals surface area contributed by atoms with Gasteiger partial charge in [0.1, 0.15) is 5.76 Å². The van der Waals surface area contributed by atoms with Crippen LogP contribution in [0.25, 0.3) is 6.08 Å². The van der Waals surface area contributed by atoms with E-state index < -0.39 is 5.97 Å². The molecule has 2 aromatic heterocycles. The topological polar surface area (TPSA) is 61.4 Å². The average molecular weight is 398 g/mol. The molecule has 28 heavy (non-hydrogen) atoms. The van der Waals surface area contributed by atoms with E-state index in [0.29, 0.717) is 17.1 Å². The fraction of sp³-hybridized carbons (Fsp3) is 0.182. The van der Waals surface area contributed by atoms with Gasteiger partial charge in [-0.25, -0.2) is 4.79 Å². The second-order valence-electron chi connectivity index (χ2n) is 6.37. The summed E-state index contributed by atoms with van der Waals surface area (Å²) < 4.78 is 12.5. The molecule has 2 heterocycles. The molecule has 1 aromatic carbocycles. The summed E-state index contributed by atoms with van der Waals surface area (Å²) >= 11 is 5.82. The Kier molecular flexibility index (Phi) is 6.16. The van der Waals surface area contributed by atoms with E-state index in [4.69, 9.17) is 20.8 Å². The van der Waals surface area contributed by atoms with Crippen molar-refractivity contribution in [2.45, 2.75) is 20.4 Å². The fourth-order valence-electron chi connectivity index (χ4n) is 2.89. The summed E-state index contributed by atoms with van der Waals surface area (Å²) in [5.41, 5.74) is 3.10. The minimum absolute atomic E-state index is 0.243. The molecular weight excluding hydrogens is 378 g/mol. The molecule has 0 aliphatic heterocycles. The van der Waals surface area contributed by atoms with Gasteiger partial charge in [-0.1, -0.05) is 23.7 Å². The highest BCUT2D eigenvalue weighted by Gasteiger charge is 2.17. The zero-order valence-corrected chi connectivity index (χ0v) is 16.4. The van der Waals surface area contributed by atoms with Crippen LogP contribution in [0.3, 0.4) is 0 Å². The molecule has 0 saturated heterocycles. The summed E-state index contributed by atoms with van der Waals surface area (Å²) in [4.78, 5) is 24.4. The molecule has 6 heteroatoms. The maximum Gasteiger partial charge on any atom is 0.331 e. The Morgan fingerprint density at radius 1 is 1.18 bits per heavy atom. The summed E-state index contributed by atoms with van der Waals surface area (Å²) in [7, 11) is 0. The van der Waals surface area contributed by atoms with Gasteiger partial charge in [0.2, 0.25) is 5.78 Å². The second-order valence-corrected chi connectivity index (χ2v) is 6.80. The van der Waals surface area contributed by atoms with Crippen molar-refractivity contribution in [1.82, 2.24) is 4.57 Å².